The molecule has 0 saturated heterocycles. The van der Waals surface area contributed by atoms with E-state index in [1.54, 1.807) is 6.08 Å². The van der Waals surface area contributed by atoms with Crippen molar-refractivity contribution in [1.82, 2.24) is 0 Å². The number of hydrogen-bond donors (Lipinski definition) is 0. The molecular weight excluding hydrogens is 405 g/mol. The molecule has 2 aromatic carbocycles. The second-order valence-electron chi connectivity index (χ2n) is 5.69. The van der Waals surface area contributed by atoms with Gasteiger partial charge in [0.25, 0.3) is 0 Å². The molecule has 0 fully saturated rings. The number of thioether (sulfide) groups is 1. The van der Waals surface area contributed by atoms with Crippen LogP contribution in [0.25, 0.3) is 0 Å². The first kappa shape index (κ1) is 19.3. The molecular formula is C20H15Cl2NOS2. The molecule has 132 valence electrons. The maximum atomic E-state index is 12.5. The van der Waals surface area contributed by atoms with Gasteiger partial charge in [-0.3, -0.25) is 4.79 Å². The average molecular weight is 420 g/mol. The molecule has 0 amide bonds. The SMILES string of the molecule is CC1=CC(=O)C(Sc2ccc(Cl)cc2)=C(C)C1=NSc1ccc(Cl)cc1. The molecule has 0 saturated carbocycles. The smallest absolute Gasteiger partial charge is 0.193 e. The highest BCUT2D eigenvalue weighted by molar-refractivity contribution is 8.04. The molecule has 0 bridgehead atoms. The van der Waals surface area contributed by atoms with Crippen molar-refractivity contribution in [2.24, 2.45) is 4.40 Å². The third-order valence-electron chi connectivity index (χ3n) is 3.73. The van der Waals surface area contributed by atoms with Crippen LogP contribution in [0.1, 0.15) is 13.8 Å². The van der Waals surface area contributed by atoms with Crippen LogP contribution in [0.2, 0.25) is 10.0 Å². The number of rotatable bonds is 4. The lowest BCUT2D eigenvalue weighted by Crippen LogP contribution is -2.15. The quantitative estimate of drug-likeness (QED) is 0.393. The van der Waals surface area contributed by atoms with Crippen molar-refractivity contribution in [3.8, 4) is 0 Å². The summed E-state index contributed by atoms with van der Waals surface area (Å²) in [6, 6.07) is 15.0. The molecule has 0 aliphatic heterocycles. The molecule has 0 aromatic heterocycles. The molecule has 6 heteroatoms. The van der Waals surface area contributed by atoms with E-state index in [-0.39, 0.29) is 5.78 Å². The number of ketones is 1. The van der Waals surface area contributed by atoms with Gasteiger partial charge in [0.15, 0.2) is 5.78 Å². The zero-order valence-corrected chi connectivity index (χ0v) is 17.3. The van der Waals surface area contributed by atoms with Crippen LogP contribution >= 0.6 is 46.9 Å². The van der Waals surface area contributed by atoms with E-state index in [0.717, 1.165) is 26.6 Å². The van der Waals surface area contributed by atoms with E-state index in [4.69, 9.17) is 23.2 Å². The van der Waals surface area contributed by atoms with Gasteiger partial charge in [-0.1, -0.05) is 35.0 Å². The largest absolute Gasteiger partial charge is 0.289 e. The predicted molar refractivity (Wildman–Crippen MR) is 114 cm³/mol. The zero-order chi connectivity index (χ0) is 18.7. The fourth-order valence-electron chi connectivity index (χ4n) is 2.40. The first-order valence-corrected chi connectivity index (χ1v) is 10.2. The second-order valence-corrected chi connectivity index (χ2v) is 8.48. The summed E-state index contributed by atoms with van der Waals surface area (Å²) in [5, 5.41) is 1.37. The van der Waals surface area contributed by atoms with Gasteiger partial charge in [-0.2, -0.15) is 0 Å². The van der Waals surface area contributed by atoms with Crippen LogP contribution in [0, 0.1) is 0 Å². The summed E-state index contributed by atoms with van der Waals surface area (Å²) in [7, 11) is 0. The minimum absolute atomic E-state index is 0.00962. The summed E-state index contributed by atoms with van der Waals surface area (Å²) in [5.41, 5.74) is 2.59. The Bertz CT molecular complexity index is 929. The summed E-state index contributed by atoms with van der Waals surface area (Å²) < 4.78 is 4.66. The minimum atomic E-state index is 0.00962. The fraction of sp³-hybridized carbons (Fsp3) is 0.100. The Morgan fingerprint density at radius 3 is 1.96 bits per heavy atom. The van der Waals surface area contributed by atoms with Crippen LogP contribution in [-0.2, 0) is 4.79 Å². The minimum Gasteiger partial charge on any atom is -0.289 e. The lowest BCUT2D eigenvalue weighted by Gasteiger charge is -2.17. The van der Waals surface area contributed by atoms with Gasteiger partial charge < -0.3 is 0 Å². The van der Waals surface area contributed by atoms with Gasteiger partial charge in [-0.25, -0.2) is 4.40 Å². The highest BCUT2D eigenvalue weighted by Gasteiger charge is 2.23. The molecule has 2 aromatic rings. The van der Waals surface area contributed by atoms with E-state index < -0.39 is 0 Å². The van der Waals surface area contributed by atoms with Gasteiger partial charge in [-0.05, 0) is 79.6 Å². The highest BCUT2D eigenvalue weighted by atomic mass is 35.5. The molecule has 2 nitrogen and oxygen atoms in total. The van der Waals surface area contributed by atoms with Crippen LogP contribution in [0.4, 0.5) is 0 Å². The Hall–Kier alpha value is -1.46. The van der Waals surface area contributed by atoms with Crippen molar-refractivity contribution >= 4 is 58.4 Å². The number of carbonyl (C=O) groups excluding carboxylic acids is 1. The van der Waals surface area contributed by atoms with E-state index in [2.05, 4.69) is 4.40 Å². The van der Waals surface area contributed by atoms with E-state index in [9.17, 15) is 4.79 Å². The van der Waals surface area contributed by atoms with Gasteiger partial charge in [-0.15, -0.1) is 0 Å². The summed E-state index contributed by atoms with van der Waals surface area (Å²) >= 11 is 14.7. The Balaban J connectivity index is 1.88. The van der Waals surface area contributed by atoms with Crippen LogP contribution in [-0.4, -0.2) is 11.5 Å². The van der Waals surface area contributed by atoms with Crippen molar-refractivity contribution in [3.05, 3.63) is 80.7 Å². The Morgan fingerprint density at radius 1 is 0.846 bits per heavy atom. The van der Waals surface area contributed by atoms with E-state index in [1.807, 2.05) is 62.4 Å². The predicted octanol–water partition coefficient (Wildman–Crippen LogP) is 7.04. The van der Waals surface area contributed by atoms with Crippen LogP contribution in [0.3, 0.4) is 0 Å². The molecule has 0 spiro atoms. The number of allylic oxidation sites excluding steroid dienone is 4. The molecule has 0 atom stereocenters. The summed E-state index contributed by atoms with van der Waals surface area (Å²) in [6.45, 7) is 3.85. The number of hydrogen-bond acceptors (Lipinski definition) is 4. The van der Waals surface area contributed by atoms with Gasteiger partial charge in [0.2, 0.25) is 0 Å². The van der Waals surface area contributed by atoms with E-state index in [0.29, 0.717) is 15.0 Å². The lowest BCUT2D eigenvalue weighted by molar-refractivity contribution is -0.110. The van der Waals surface area contributed by atoms with E-state index >= 15 is 0 Å². The van der Waals surface area contributed by atoms with Crippen molar-refractivity contribution in [1.29, 1.82) is 0 Å². The Kier molecular flexibility index (Phi) is 6.30. The maximum Gasteiger partial charge on any atom is 0.193 e. The first-order chi connectivity index (χ1) is 12.4. The first-order valence-electron chi connectivity index (χ1n) is 7.82. The van der Waals surface area contributed by atoms with Crippen LogP contribution < -0.4 is 0 Å². The van der Waals surface area contributed by atoms with E-state index in [1.165, 1.54) is 23.7 Å². The van der Waals surface area contributed by atoms with Crippen molar-refractivity contribution < 1.29 is 4.79 Å². The van der Waals surface area contributed by atoms with Crippen LogP contribution in [0.15, 0.2) is 84.8 Å². The van der Waals surface area contributed by atoms with Crippen molar-refractivity contribution in [2.75, 3.05) is 0 Å². The zero-order valence-electron chi connectivity index (χ0n) is 14.1. The number of carbonyl (C=O) groups is 1. The van der Waals surface area contributed by atoms with Crippen molar-refractivity contribution in [2.45, 2.75) is 23.6 Å². The molecule has 3 rings (SSSR count). The number of halogens is 2. The molecule has 1 aliphatic rings. The maximum absolute atomic E-state index is 12.5. The number of benzene rings is 2. The lowest BCUT2D eigenvalue weighted by atomic mass is 9.97. The van der Waals surface area contributed by atoms with Gasteiger partial charge in [0, 0.05) is 31.8 Å². The average Bonchev–Trinajstić information content (AvgIpc) is 2.61. The normalized spacial score (nSPS) is 16.2. The van der Waals surface area contributed by atoms with Gasteiger partial charge >= 0.3 is 0 Å². The molecule has 0 radical (unpaired) electrons. The van der Waals surface area contributed by atoms with Gasteiger partial charge in [0.1, 0.15) is 0 Å². The van der Waals surface area contributed by atoms with Crippen molar-refractivity contribution in [3.63, 3.8) is 0 Å². The summed E-state index contributed by atoms with van der Waals surface area (Å²) in [6.07, 6.45) is 1.65. The van der Waals surface area contributed by atoms with Crippen LogP contribution in [0.5, 0.6) is 0 Å². The molecule has 0 N–H and O–H groups in total. The topological polar surface area (TPSA) is 29.4 Å². The third-order valence-corrected chi connectivity index (χ3v) is 6.21. The molecule has 0 unspecified atom stereocenters. The standard InChI is InChI=1S/C20H15Cl2NOS2/c1-12-11-18(24)20(25-16-7-3-14(21)4-8-16)13(2)19(12)23-26-17-9-5-15(22)6-10-17/h3-11H,1-2H3. The number of nitrogens with zero attached hydrogens (tertiary/aromatic N) is 1. The Labute approximate surface area is 171 Å². The third kappa shape index (κ3) is 4.63. The van der Waals surface area contributed by atoms with Gasteiger partial charge in [0.05, 0.1) is 10.6 Å². The summed E-state index contributed by atoms with van der Waals surface area (Å²) in [5.74, 6) is 0.00962. The molecule has 1 aliphatic carbocycles. The second kappa shape index (κ2) is 8.49. The highest BCUT2D eigenvalue weighted by Crippen LogP contribution is 2.35. The molecule has 0 heterocycles. The monoisotopic (exact) mass is 419 g/mol. The Morgan fingerprint density at radius 2 is 1.38 bits per heavy atom. The summed E-state index contributed by atoms with van der Waals surface area (Å²) in [4.78, 5) is 15.1. The fourth-order valence-corrected chi connectivity index (χ4v) is 4.30. The molecule has 26 heavy (non-hydrogen) atoms.